The fourth-order valence-corrected chi connectivity index (χ4v) is 1.72. The molecule has 0 bridgehead atoms. The standard InChI is InChI=1S/C15H14N2O4/c1-20-12-8-10(15(18)19)9-13(21-2)14(12)17-16-11-6-4-3-5-7-11/h3-9H,1-2H3,(H,18,19). The van der Waals surface area contributed by atoms with Gasteiger partial charge in [0.2, 0.25) is 0 Å². The summed E-state index contributed by atoms with van der Waals surface area (Å²) >= 11 is 0. The van der Waals surface area contributed by atoms with Gasteiger partial charge in [0, 0.05) is 0 Å². The van der Waals surface area contributed by atoms with Crippen molar-refractivity contribution >= 4 is 17.3 Å². The Morgan fingerprint density at radius 2 is 1.57 bits per heavy atom. The van der Waals surface area contributed by atoms with Gasteiger partial charge in [-0.1, -0.05) is 18.2 Å². The average Bonchev–Trinajstić information content (AvgIpc) is 2.52. The first-order chi connectivity index (χ1) is 10.2. The van der Waals surface area contributed by atoms with Gasteiger partial charge in [0.25, 0.3) is 0 Å². The van der Waals surface area contributed by atoms with Crippen LogP contribution in [0.3, 0.4) is 0 Å². The summed E-state index contributed by atoms with van der Waals surface area (Å²) in [6.45, 7) is 0. The number of aromatic carboxylic acids is 1. The van der Waals surface area contributed by atoms with Gasteiger partial charge in [-0.2, -0.15) is 5.11 Å². The number of azo groups is 1. The zero-order valence-electron chi connectivity index (χ0n) is 11.6. The lowest BCUT2D eigenvalue weighted by Gasteiger charge is -2.10. The van der Waals surface area contributed by atoms with Crippen LogP contribution < -0.4 is 9.47 Å². The number of carbonyl (C=O) groups is 1. The maximum atomic E-state index is 11.1. The quantitative estimate of drug-likeness (QED) is 0.847. The molecule has 6 nitrogen and oxygen atoms in total. The van der Waals surface area contributed by atoms with Crippen LogP contribution >= 0.6 is 0 Å². The molecule has 0 aliphatic carbocycles. The number of carboxylic acids is 1. The Morgan fingerprint density at radius 1 is 1.00 bits per heavy atom. The summed E-state index contributed by atoms with van der Waals surface area (Å²) in [4.78, 5) is 11.1. The molecule has 0 saturated carbocycles. The number of methoxy groups -OCH3 is 2. The van der Waals surface area contributed by atoms with E-state index in [1.807, 2.05) is 18.2 Å². The van der Waals surface area contributed by atoms with Crippen molar-refractivity contribution in [3.8, 4) is 11.5 Å². The Bertz CT molecular complexity index is 644. The lowest BCUT2D eigenvalue weighted by molar-refractivity contribution is 0.0696. The summed E-state index contributed by atoms with van der Waals surface area (Å²) in [6.07, 6.45) is 0. The van der Waals surface area contributed by atoms with E-state index < -0.39 is 5.97 Å². The number of hydrogen-bond acceptors (Lipinski definition) is 5. The predicted molar refractivity (Wildman–Crippen MR) is 77.1 cm³/mol. The number of hydrogen-bond donors (Lipinski definition) is 1. The largest absolute Gasteiger partial charge is 0.494 e. The van der Waals surface area contributed by atoms with Crippen LogP contribution in [0.5, 0.6) is 11.5 Å². The number of benzene rings is 2. The molecule has 0 radical (unpaired) electrons. The Labute approximate surface area is 121 Å². The van der Waals surface area contributed by atoms with Crippen LogP contribution in [0, 0.1) is 0 Å². The second-order valence-corrected chi connectivity index (χ2v) is 4.07. The van der Waals surface area contributed by atoms with Crippen LogP contribution in [0.25, 0.3) is 0 Å². The number of ether oxygens (including phenoxy) is 2. The van der Waals surface area contributed by atoms with Crippen molar-refractivity contribution in [2.45, 2.75) is 0 Å². The Hall–Kier alpha value is -2.89. The first kappa shape index (κ1) is 14.5. The summed E-state index contributed by atoms with van der Waals surface area (Å²) in [6, 6.07) is 11.9. The van der Waals surface area contributed by atoms with Crippen LogP contribution in [0.1, 0.15) is 10.4 Å². The molecule has 0 fully saturated rings. The molecule has 2 aromatic rings. The summed E-state index contributed by atoms with van der Waals surface area (Å²) in [7, 11) is 2.86. The zero-order valence-corrected chi connectivity index (χ0v) is 11.6. The third-order valence-corrected chi connectivity index (χ3v) is 2.75. The molecule has 2 rings (SSSR count). The molecule has 0 heterocycles. The maximum absolute atomic E-state index is 11.1. The van der Waals surface area contributed by atoms with Gasteiger partial charge in [0.15, 0.2) is 17.2 Å². The molecule has 0 unspecified atom stereocenters. The lowest BCUT2D eigenvalue weighted by Crippen LogP contribution is -1.99. The minimum Gasteiger partial charge on any atom is -0.494 e. The van der Waals surface area contributed by atoms with E-state index in [2.05, 4.69) is 10.2 Å². The van der Waals surface area contributed by atoms with E-state index in [4.69, 9.17) is 14.6 Å². The fourth-order valence-electron chi connectivity index (χ4n) is 1.72. The Morgan fingerprint density at radius 3 is 2.05 bits per heavy atom. The van der Waals surface area contributed by atoms with Crippen molar-refractivity contribution in [1.82, 2.24) is 0 Å². The molecule has 21 heavy (non-hydrogen) atoms. The van der Waals surface area contributed by atoms with Crippen molar-refractivity contribution < 1.29 is 19.4 Å². The molecule has 0 aliphatic heterocycles. The van der Waals surface area contributed by atoms with E-state index in [1.165, 1.54) is 26.4 Å². The average molecular weight is 286 g/mol. The van der Waals surface area contributed by atoms with Gasteiger partial charge in [-0.3, -0.25) is 0 Å². The third-order valence-electron chi connectivity index (χ3n) is 2.75. The normalized spacial score (nSPS) is 10.6. The van der Waals surface area contributed by atoms with Gasteiger partial charge >= 0.3 is 5.97 Å². The van der Waals surface area contributed by atoms with Gasteiger partial charge in [0.1, 0.15) is 0 Å². The summed E-state index contributed by atoms with van der Waals surface area (Å²) in [5.41, 5.74) is 1.07. The van der Waals surface area contributed by atoms with E-state index in [9.17, 15) is 4.79 Å². The molecule has 0 aromatic heterocycles. The topological polar surface area (TPSA) is 80.5 Å². The molecular formula is C15H14N2O4. The minimum atomic E-state index is -1.07. The van der Waals surface area contributed by atoms with E-state index in [-0.39, 0.29) is 17.1 Å². The molecule has 0 aliphatic rings. The fraction of sp³-hybridized carbons (Fsp3) is 0.133. The Kier molecular flexibility index (Phi) is 4.50. The highest BCUT2D eigenvalue weighted by molar-refractivity contribution is 5.90. The highest BCUT2D eigenvalue weighted by atomic mass is 16.5. The number of carboxylic acid groups (broad SMARTS) is 1. The molecule has 1 N–H and O–H groups in total. The van der Waals surface area contributed by atoms with Crippen molar-refractivity contribution in [2.75, 3.05) is 14.2 Å². The van der Waals surface area contributed by atoms with E-state index in [0.717, 1.165) is 0 Å². The second kappa shape index (κ2) is 6.51. The van der Waals surface area contributed by atoms with Gasteiger partial charge in [0.05, 0.1) is 25.5 Å². The molecule has 6 heteroatoms. The van der Waals surface area contributed by atoms with E-state index >= 15 is 0 Å². The van der Waals surface area contributed by atoms with Crippen LogP contribution in [0.15, 0.2) is 52.7 Å². The van der Waals surface area contributed by atoms with Gasteiger partial charge in [-0.05, 0) is 24.3 Å². The Balaban J connectivity index is 2.47. The van der Waals surface area contributed by atoms with Crippen LogP contribution in [-0.4, -0.2) is 25.3 Å². The molecule has 0 spiro atoms. The van der Waals surface area contributed by atoms with Gasteiger partial charge < -0.3 is 14.6 Å². The van der Waals surface area contributed by atoms with Gasteiger partial charge in [-0.25, -0.2) is 4.79 Å². The first-order valence-electron chi connectivity index (χ1n) is 6.12. The molecule has 0 atom stereocenters. The SMILES string of the molecule is COc1cc(C(=O)O)cc(OC)c1N=Nc1ccccc1. The van der Waals surface area contributed by atoms with Crippen molar-refractivity contribution in [3.05, 3.63) is 48.0 Å². The predicted octanol–water partition coefficient (Wildman–Crippen LogP) is 3.82. The van der Waals surface area contributed by atoms with Crippen molar-refractivity contribution in [1.29, 1.82) is 0 Å². The van der Waals surface area contributed by atoms with Crippen molar-refractivity contribution in [2.24, 2.45) is 10.2 Å². The maximum Gasteiger partial charge on any atom is 0.335 e. The first-order valence-corrected chi connectivity index (χ1v) is 6.12. The highest BCUT2D eigenvalue weighted by Crippen LogP contribution is 2.39. The van der Waals surface area contributed by atoms with E-state index in [0.29, 0.717) is 11.4 Å². The van der Waals surface area contributed by atoms with Crippen LogP contribution in [-0.2, 0) is 0 Å². The third kappa shape index (κ3) is 3.36. The summed E-state index contributed by atoms with van der Waals surface area (Å²) < 4.78 is 10.3. The zero-order chi connectivity index (χ0) is 15.2. The molecular weight excluding hydrogens is 272 g/mol. The summed E-state index contributed by atoms with van der Waals surface area (Å²) in [5, 5.41) is 17.2. The number of rotatable bonds is 5. The molecule has 0 saturated heterocycles. The van der Waals surface area contributed by atoms with Crippen molar-refractivity contribution in [3.63, 3.8) is 0 Å². The van der Waals surface area contributed by atoms with Gasteiger partial charge in [-0.15, -0.1) is 5.11 Å². The molecule has 108 valence electrons. The second-order valence-electron chi connectivity index (χ2n) is 4.07. The van der Waals surface area contributed by atoms with E-state index in [1.54, 1.807) is 12.1 Å². The molecule has 2 aromatic carbocycles. The lowest BCUT2D eigenvalue weighted by atomic mass is 10.1. The summed E-state index contributed by atoms with van der Waals surface area (Å²) in [5.74, 6) is -0.504. The smallest absolute Gasteiger partial charge is 0.335 e. The monoisotopic (exact) mass is 286 g/mol. The number of nitrogens with zero attached hydrogens (tertiary/aromatic N) is 2. The minimum absolute atomic E-state index is 0.0577. The van der Waals surface area contributed by atoms with Crippen LogP contribution in [0.4, 0.5) is 11.4 Å². The van der Waals surface area contributed by atoms with Crippen LogP contribution in [0.2, 0.25) is 0 Å². The highest BCUT2D eigenvalue weighted by Gasteiger charge is 2.15. The molecule has 0 amide bonds.